The smallest absolute Gasteiger partial charge is 0.228 e. The van der Waals surface area contributed by atoms with Gasteiger partial charge < -0.3 is 10.2 Å². The monoisotopic (exact) mass is 337 g/mol. The van der Waals surface area contributed by atoms with Gasteiger partial charge in [0.2, 0.25) is 5.95 Å². The maximum atomic E-state index is 13.1. The van der Waals surface area contributed by atoms with E-state index in [-0.39, 0.29) is 5.82 Å². The second-order valence-electron chi connectivity index (χ2n) is 6.27. The molecule has 0 spiro atoms. The molecule has 3 aromatic rings. The Morgan fingerprint density at radius 2 is 1.80 bits per heavy atom. The Labute approximate surface area is 145 Å². The number of pyridine rings is 1. The summed E-state index contributed by atoms with van der Waals surface area (Å²) in [5, 5.41) is 3.34. The van der Waals surface area contributed by atoms with Crippen LogP contribution in [-0.2, 0) is 6.54 Å². The summed E-state index contributed by atoms with van der Waals surface area (Å²) in [7, 11) is 0. The third-order valence-electron chi connectivity index (χ3n) is 4.46. The highest BCUT2D eigenvalue weighted by Gasteiger charge is 2.16. The number of benzene rings is 1. The number of halogens is 1. The fraction of sp³-hybridized carbons (Fsp3) is 0.316. The molecule has 2 aromatic heterocycles. The molecule has 5 nitrogen and oxygen atoms in total. The van der Waals surface area contributed by atoms with E-state index in [0.717, 1.165) is 41.5 Å². The fourth-order valence-corrected chi connectivity index (χ4v) is 3.10. The summed E-state index contributed by atoms with van der Waals surface area (Å²) in [5.74, 6) is 1.24. The molecule has 1 aliphatic rings. The van der Waals surface area contributed by atoms with Crippen molar-refractivity contribution in [2.45, 2.75) is 25.8 Å². The number of rotatable bonds is 4. The van der Waals surface area contributed by atoms with Gasteiger partial charge >= 0.3 is 0 Å². The zero-order valence-corrected chi connectivity index (χ0v) is 14.0. The lowest BCUT2D eigenvalue weighted by molar-refractivity contribution is 0.569. The van der Waals surface area contributed by atoms with E-state index < -0.39 is 0 Å². The summed E-state index contributed by atoms with van der Waals surface area (Å²) in [4.78, 5) is 16.1. The first-order valence-electron chi connectivity index (χ1n) is 8.66. The zero-order valence-electron chi connectivity index (χ0n) is 14.0. The van der Waals surface area contributed by atoms with Crippen LogP contribution in [0.25, 0.3) is 11.0 Å². The molecule has 0 saturated carbocycles. The van der Waals surface area contributed by atoms with E-state index in [0.29, 0.717) is 6.54 Å². The minimum Gasteiger partial charge on any atom is -0.364 e. The topological polar surface area (TPSA) is 53.9 Å². The Hall–Kier alpha value is -2.76. The molecule has 25 heavy (non-hydrogen) atoms. The molecule has 0 bridgehead atoms. The zero-order chi connectivity index (χ0) is 17.1. The second-order valence-corrected chi connectivity index (χ2v) is 6.27. The predicted octanol–water partition coefficient (Wildman–Crippen LogP) is 3.77. The fourth-order valence-electron chi connectivity index (χ4n) is 3.10. The van der Waals surface area contributed by atoms with E-state index in [1.807, 2.05) is 12.1 Å². The van der Waals surface area contributed by atoms with Crippen LogP contribution in [0.1, 0.15) is 24.8 Å². The summed E-state index contributed by atoms with van der Waals surface area (Å²) < 4.78 is 13.1. The highest BCUT2D eigenvalue weighted by Crippen LogP contribution is 2.24. The number of nitrogens with zero attached hydrogens (tertiary/aromatic N) is 4. The van der Waals surface area contributed by atoms with Crippen LogP contribution in [0.4, 0.5) is 16.2 Å². The number of fused-ring (bicyclic) bond motifs is 1. The molecule has 4 rings (SSSR count). The quantitative estimate of drug-likeness (QED) is 0.785. The molecule has 0 radical (unpaired) electrons. The Balaban J connectivity index is 1.64. The van der Waals surface area contributed by atoms with Crippen LogP contribution < -0.4 is 10.2 Å². The van der Waals surface area contributed by atoms with Crippen molar-refractivity contribution >= 4 is 22.8 Å². The molecule has 1 aliphatic heterocycles. The van der Waals surface area contributed by atoms with Crippen LogP contribution in [0.5, 0.6) is 0 Å². The first-order valence-corrected chi connectivity index (χ1v) is 8.66. The molecule has 128 valence electrons. The van der Waals surface area contributed by atoms with Gasteiger partial charge in [-0.15, -0.1) is 0 Å². The highest BCUT2D eigenvalue weighted by molar-refractivity contribution is 5.86. The summed E-state index contributed by atoms with van der Waals surface area (Å²) in [6, 6.07) is 10.3. The largest absolute Gasteiger partial charge is 0.364 e. The molecule has 0 amide bonds. The SMILES string of the molecule is Fc1ccc(CNc2nc(N3CCCCC3)nc3cccnc23)cc1. The standard InChI is InChI=1S/C19H20FN5/c20-15-8-6-14(7-9-15)13-22-18-17-16(5-4-10-21-17)23-19(24-18)25-11-2-1-3-12-25/h4-10H,1-3,11-13H2,(H,22,23,24). The number of hydrogen-bond donors (Lipinski definition) is 1. The predicted molar refractivity (Wildman–Crippen MR) is 97.1 cm³/mol. The first-order chi connectivity index (χ1) is 12.3. The van der Waals surface area contributed by atoms with Crippen molar-refractivity contribution in [2.75, 3.05) is 23.3 Å². The van der Waals surface area contributed by atoms with E-state index >= 15 is 0 Å². The van der Waals surface area contributed by atoms with Gasteiger partial charge in [0, 0.05) is 25.8 Å². The Bertz CT molecular complexity index is 859. The Morgan fingerprint density at radius 1 is 1.00 bits per heavy atom. The normalized spacial score (nSPS) is 14.7. The maximum Gasteiger partial charge on any atom is 0.228 e. The summed E-state index contributed by atoms with van der Waals surface area (Å²) in [6.45, 7) is 2.54. The molecular weight excluding hydrogens is 317 g/mol. The first kappa shape index (κ1) is 15.7. The average molecular weight is 337 g/mol. The molecule has 0 aliphatic carbocycles. The van der Waals surface area contributed by atoms with Gasteiger partial charge in [-0.25, -0.2) is 9.37 Å². The van der Waals surface area contributed by atoms with Crippen LogP contribution in [0.15, 0.2) is 42.6 Å². The van der Waals surface area contributed by atoms with Crippen molar-refractivity contribution < 1.29 is 4.39 Å². The van der Waals surface area contributed by atoms with Gasteiger partial charge in [-0.05, 0) is 49.1 Å². The van der Waals surface area contributed by atoms with Crippen molar-refractivity contribution in [3.63, 3.8) is 0 Å². The van der Waals surface area contributed by atoms with Crippen LogP contribution in [0, 0.1) is 5.82 Å². The molecule has 1 saturated heterocycles. The number of hydrogen-bond acceptors (Lipinski definition) is 5. The summed E-state index contributed by atoms with van der Waals surface area (Å²) in [6.07, 6.45) is 5.36. The minimum absolute atomic E-state index is 0.231. The van der Waals surface area contributed by atoms with Gasteiger partial charge in [-0.1, -0.05) is 12.1 Å². The highest BCUT2D eigenvalue weighted by atomic mass is 19.1. The van der Waals surface area contributed by atoms with Crippen molar-refractivity contribution in [1.29, 1.82) is 0 Å². The summed E-state index contributed by atoms with van der Waals surface area (Å²) in [5.41, 5.74) is 2.58. The molecule has 1 fully saturated rings. The third-order valence-corrected chi connectivity index (χ3v) is 4.46. The molecule has 0 unspecified atom stereocenters. The molecule has 3 heterocycles. The summed E-state index contributed by atoms with van der Waals surface area (Å²) >= 11 is 0. The van der Waals surface area contributed by atoms with Gasteiger partial charge in [0.1, 0.15) is 11.3 Å². The van der Waals surface area contributed by atoms with Crippen molar-refractivity contribution in [3.05, 3.63) is 54.0 Å². The Kier molecular flexibility index (Phi) is 4.41. The van der Waals surface area contributed by atoms with E-state index in [1.54, 1.807) is 18.3 Å². The van der Waals surface area contributed by atoms with Crippen molar-refractivity contribution in [1.82, 2.24) is 15.0 Å². The minimum atomic E-state index is -0.231. The number of piperidine rings is 1. The molecule has 0 atom stereocenters. The van der Waals surface area contributed by atoms with Gasteiger partial charge in [0.15, 0.2) is 5.82 Å². The van der Waals surface area contributed by atoms with Crippen LogP contribution >= 0.6 is 0 Å². The number of anilines is 2. The molecule has 6 heteroatoms. The average Bonchev–Trinajstić information content (AvgIpc) is 2.68. The number of aromatic nitrogens is 3. The lowest BCUT2D eigenvalue weighted by Crippen LogP contribution is -2.31. The molecular formula is C19H20FN5. The maximum absolute atomic E-state index is 13.1. The van der Waals surface area contributed by atoms with E-state index in [9.17, 15) is 4.39 Å². The lowest BCUT2D eigenvalue weighted by Gasteiger charge is -2.27. The molecule has 1 N–H and O–H groups in total. The van der Waals surface area contributed by atoms with E-state index in [1.165, 1.54) is 31.4 Å². The van der Waals surface area contributed by atoms with Gasteiger partial charge in [0.25, 0.3) is 0 Å². The van der Waals surface area contributed by atoms with E-state index in [4.69, 9.17) is 4.98 Å². The van der Waals surface area contributed by atoms with Gasteiger partial charge in [-0.2, -0.15) is 4.98 Å². The van der Waals surface area contributed by atoms with Crippen LogP contribution in [0.2, 0.25) is 0 Å². The Morgan fingerprint density at radius 3 is 2.60 bits per heavy atom. The number of nitrogens with one attached hydrogen (secondary N) is 1. The van der Waals surface area contributed by atoms with Crippen LogP contribution in [-0.4, -0.2) is 28.0 Å². The second kappa shape index (κ2) is 7.01. The third kappa shape index (κ3) is 3.52. The van der Waals surface area contributed by atoms with Crippen LogP contribution in [0.3, 0.4) is 0 Å². The molecule has 1 aromatic carbocycles. The van der Waals surface area contributed by atoms with Gasteiger partial charge in [0.05, 0.1) is 5.52 Å². The van der Waals surface area contributed by atoms with Gasteiger partial charge in [-0.3, -0.25) is 4.98 Å². The lowest BCUT2D eigenvalue weighted by atomic mass is 10.1. The van der Waals surface area contributed by atoms with E-state index in [2.05, 4.69) is 20.2 Å². The van der Waals surface area contributed by atoms with Crippen molar-refractivity contribution in [3.8, 4) is 0 Å². The van der Waals surface area contributed by atoms with Crippen molar-refractivity contribution in [2.24, 2.45) is 0 Å².